The monoisotopic (exact) mass is 375 g/mol. The van der Waals surface area contributed by atoms with Crippen LogP contribution < -0.4 is 10.6 Å². The SMILES string of the molecule is CCCCN1C(=O)c2cc(C(=O)NC)nn2C[C@]1(C)C(=O)NC1CCCC1. The van der Waals surface area contributed by atoms with Crippen LogP contribution in [0.4, 0.5) is 0 Å². The van der Waals surface area contributed by atoms with Crippen LogP contribution in [0.2, 0.25) is 0 Å². The Morgan fingerprint density at radius 1 is 1.33 bits per heavy atom. The van der Waals surface area contributed by atoms with Crippen molar-refractivity contribution in [3.05, 3.63) is 17.5 Å². The molecule has 2 aliphatic rings. The highest BCUT2D eigenvalue weighted by Crippen LogP contribution is 2.29. The molecule has 0 saturated heterocycles. The minimum Gasteiger partial charge on any atom is -0.354 e. The number of nitrogens with one attached hydrogen (secondary N) is 2. The third-order valence-electron chi connectivity index (χ3n) is 5.67. The summed E-state index contributed by atoms with van der Waals surface area (Å²) in [6.07, 6.45) is 5.95. The summed E-state index contributed by atoms with van der Waals surface area (Å²) in [5.74, 6) is -0.732. The first-order valence-corrected chi connectivity index (χ1v) is 9.83. The molecule has 0 bridgehead atoms. The van der Waals surface area contributed by atoms with Gasteiger partial charge in [0.05, 0.1) is 6.54 Å². The Balaban J connectivity index is 1.92. The first kappa shape index (κ1) is 19.4. The molecule has 2 heterocycles. The van der Waals surface area contributed by atoms with Crippen molar-refractivity contribution in [2.45, 2.75) is 70.5 Å². The molecule has 27 heavy (non-hydrogen) atoms. The molecule has 2 N–H and O–H groups in total. The Morgan fingerprint density at radius 3 is 2.67 bits per heavy atom. The summed E-state index contributed by atoms with van der Waals surface area (Å²) in [5, 5.41) is 9.93. The maximum Gasteiger partial charge on any atom is 0.273 e. The zero-order valence-corrected chi connectivity index (χ0v) is 16.4. The number of amides is 3. The topological polar surface area (TPSA) is 96.3 Å². The highest BCUT2D eigenvalue weighted by Gasteiger charge is 2.48. The zero-order valence-electron chi connectivity index (χ0n) is 16.4. The smallest absolute Gasteiger partial charge is 0.273 e. The maximum absolute atomic E-state index is 13.2. The molecule has 8 heteroatoms. The molecule has 148 valence electrons. The summed E-state index contributed by atoms with van der Waals surface area (Å²) in [7, 11) is 1.52. The quantitative estimate of drug-likeness (QED) is 0.784. The van der Waals surface area contributed by atoms with E-state index in [0.717, 1.165) is 38.5 Å². The molecule has 3 amide bonds. The lowest BCUT2D eigenvalue weighted by Gasteiger charge is -2.43. The van der Waals surface area contributed by atoms with E-state index in [1.807, 2.05) is 0 Å². The largest absolute Gasteiger partial charge is 0.354 e. The third-order valence-corrected chi connectivity index (χ3v) is 5.67. The van der Waals surface area contributed by atoms with Gasteiger partial charge in [-0.15, -0.1) is 0 Å². The van der Waals surface area contributed by atoms with Crippen LogP contribution in [0.25, 0.3) is 0 Å². The third kappa shape index (κ3) is 3.57. The summed E-state index contributed by atoms with van der Waals surface area (Å²) < 4.78 is 1.50. The number of fused-ring (bicyclic) bond motifs is 1. The minimum absolute atomic E-state index is 0.138. The molecule has 1 aromatic heterocycles. The molecule has 0 aromatic carbocycles. The standard InChI is InChI=1S/C19H29N5O3/c1-4-5-10-23-17(26)15-11-14(16(25)20-3)22-24(15)12-19(23,2)18(27)21-13-8-6-7-9-13/h11,13H,4-10,12H2,1-3H3,(H,20,25)(H,21,27)/t19-/m1/s1. The number of carbonyl (C=O) groups is 3. The number of rotatable bonds is 6. The number of aromatic nitrogens is 2. The number of carbonyl (C=O) groups excluding carboxylic acids is 3. The van der Waals surface area contributed by atoms with Gasteiger partial charge in [0.2, 0.25) is 5.91 Å². The second-order valence-corrected chi connectivity index (χ2v) is 7.69. The van der Waals surface area contributed by atoms with Gasteiger partial charge < -0.3 is 15.5 Å². The van der Waals surface area contributed by atoms with Gasteiger partial charge in [0.15, 0.2) is 5.69 Å². The molecular weight excluding hydrogens is 346 g/mol. The highest BCUT2D eigenvalue weighted by atomic mass is 16.2. The molecule has 1 fully saturated rings. The first-order valence-electron chi connectivity index (χ1n) is 9.83. The van der Waals surface area contributed by atoms with Crippen LogP contribution in [0.5, 0.6) is 0 Å². The van der Waals surface area contributed by atoms with Crippen LogP contribution in [-0.2, 0) is 11.3 Å². The summed E-state index contributed by atoms with van der Waals surface area (Å²) in [6.45, 7) is 4.60. The predicted molar refractivity (Wildman–Crippen MR) is 100 cm³/mol. The summed E-state index contributed by atoms with van der Waals surface area (Å²) in [4.78, 5) is 39.9. The van der Waals surface area contributed by atoms with Gasteiger partial charge in [0.1, 0.15) is 11.2 Å². The molecule has 1 aliphatic carbocycles. The fraction of sp³-hybridized carbons (Fsp3) is 0.684. The van der Waals surface area contributed by atoms with E-state index in [1.165, 1.54) is 17.8 Å². The zero-order chi connectivity index (χ0) is 19.6. The van der Waals surface area contributed by atoms with Crippen molar-refractivity contribution in [2.24, 2.45) is 0 Å². The van der Waals surface area contributed by atoms with Crippen molar-refractivity contribution in [3.8, 4) is 0 Å². The fourth-order valence-corrected chi connectivity index (χ4v) is 3.96. The highest BCUT2D eigenvalue weighted by molar-refractivity contribution is 6.01. The van der Waals surface area contributed by atoms with E-state index in [1.54, 1.807) is 11.8 Å². The predicted octanol–water partition coefficient (Wildman–Crippen LogP) is 1.32. The molecule has 1 saturated carbocycles. The minimum atomic E-state index is -1.02. The van der Waals surface area contributed by atoms with Crippen molar-refractivity contribution < 1.29 is 14.4 Å². The van der Waals surface area contributed by atoms with Crippen LogP contribution in [0.15, 0.2) is 6.07 Å². The van der Waals surface area contributed by atoms with Crippen LogP contribution in [0, 0.1) is 0 Å². The van der Waals surface area contributed by atoms with Crippen LogP contribution in [0.1, 0.15) is 73.3 Å². The van der Waals surface area contributed by atoms with Gasteiger partial charge in [0, 0.05) is 25.7 Å². The molecule has 1 atom stereocenters. The molecule has 0 radical (unpaired) electrons. The van der Waals surface area contributed by atoms with Crippen LogP contribution in [0.3, 0.4) is 0 Å². The van der Waals surface area contributed by atoms with Gasteiger partial charge in [-0.25, -0.2) is 0 Å². The summed E-state index contributed by atoms with van der Waals surface area (Å²) in [5.41, 5.74) is -0.471. The normalized spacial score (nSPS) is 22.6. The molecule has 0 unspecified atom stereocenters. The van der Waals surface area contributed by atoms with Crippen molar-refractivity contribution in [3.63, 3.8) is 0 Å². The molecule has 8 nitrogen and oxygen atoms in total. The maximum atomic E-state index is 13.2. The molecular formula is C19H29N5O3. The van der Waals surface area contributed by atoms with Gasteiger partial charge in [-0.1, -0.05) is 26.2 Å². The second kappa shape index (κ2) is 7.70. The van der Waals surface area contributed by atoms with Crippen molar-refractivity contribution >= 4 is 17.7 Å². The van der Waals surface area contributed by atoms with Crippen LogP contribution in [-0.4, -0.2) is 57.6 Å². The Hall–Kier alpha value is -2.38. The van der Waals surface area contributed by atoms with E-state index in [0.29, 0.717) is 12.2 Å². The lowest BCUT2D eigenvalue weighted by molar-refractivity contribution is -0.133. The van der Waals surface area contributed by atoms with E-state index in [9.17, 15) is 14.4 Å². The first-order chi connectivity index (χ1) is 12.9. The van der Waals surface area contributed by atoms with E-state index in [-0.39, 0.29) is 36.0 Å². The summed E-state index contributed by atoms with van der Waals surface area (Å²) >= 11 is 0. The van der Waals surface area contributed by atoms with Gasteiger partial charge in [0.25, 0.3) is 11.8 Å². The van der Waals surface area contributed by atoms with Gasteiger partial charge in [-0.3, -0.25) is 19.1 Å². The Kier molecular flexibility index (Phi) is 5.53. The average molecular weight is 375 g/mol. The number of hydrogen-bond donors (Lipinski definition) is 2. The molecule has 0 spiro atoms. The number of unbranched alkanes of at least 4 members (excludes halogenated alkanes) is 1. The number of nitrogens with zero attached hydrogens (tertiary/aromatic N) is 3. The van der Waals surface area contributed by atoms with Gasteiger partial charge >= 0.3 is 0 Å². The lowest BCUT2D eigenvalue weighted by Crippen LogP contribution is -2.65. The van der Waals surface area contributed by atoms with E-state index >= 15 is 0 Å². The molecule has 1 aliphatic heterocycles. The molecule has 1 aromatic rings. The van der Waals surface area contributed by atoms with E-state index in [4.69, 9.17) is 0 Å². The Morgan fingerprint density at radius 2 is 2.04 bits per heavy atom. The lowest BCUT2D eigenvalue weighted by atomic mass is 9.94. The van der Waals surface area contributed by atoms with Crippen LogP contribution >= 0.6 is 0 Å². The van der Waals surface area contributed by atoms with Gasteiger partial charge in [-0.2, -0.15) is 5.10 Å². The average Bonchev–Trinajstić information content (AvgIpc) is 3.30. The Bertz CT molecular complexity index is 738. The summed E-state index contributed by atoms with van der Waals surface area (Å²) in [6, 6.07) is 1.69. The van der Waals surface area contributed by atoms with E-state index in [2.05, 4.69) is 22.7 Å². The Labute approximate surface area is 159 Å². The van der Waals surface area contributed by atoms with Crippen molar-refractivity contribution in [1.29, 1.82) is 0 Å². The second-order valence-electron chi connectivity index (χ2n) is 7.69. The molecule has 3 rings (SSSR count). The van der Waals surface area contributed by atoms with Crippen molar-refractivity contribution in [1.82, 2.24) is 25.3 Å². The van der Waals surface area contributed by atoms with E-state index < -0.39 is 5.54 Å². The van der Waals surface area contributed by atoms with Gasteiger partial charge in [-0.05, 0) is 26.2 Å². The van der Waals surface area contributed by atoms with Crippen molar-refractivity contribution in [2.75, 3.05) is 13.6 Å². The number of hydrogen-bond acceptors (Lipinski definition) is 4. The fourth-order valence-electron chi connectivity index (χ4n) is 3.96.